The molecular formula is C22H20F3N3O4. The van der Waals surface area contributed by atoms with E-state index in [4.69, 9.17) is 9.15 Å². The van der Waals surface area contributed by atoms with E-state index in [1.165, 1.54) is 24.3 Å². The number of amides is 1. The highest BCUT2D eigenvalue weighted by molar-refractivity contribution is 5.92. The normalized spacial score (nSPS) is 16.6. The number of ether oxygens (including phenoxy) is 2. The molecule has 0 spiro atoms. The van der Waals surface area contributed by atoms with E-state index in [0.29, 0.717) is 43.3 Å². The van der Waals surface area contributed by atoms with Gasteiger partial charge in [0.15, 0.2) is 5.76 Å². The second-order valence-electron chi connectivity index (χ2n) is 7.09. The molecule has 1 atom stereocenters. The highest BCUT2D eigenvalue weighted by Crippen LogP contribution is 2.28. The number of alkyl halides is 3. The second-order valence-corrected chi connectivity index (χ2v) is 7.09. The average Bonchev–Trinajstić information content (AvgIpc) is 3.28. The number of aromatic nitrogens is 1. The molecule has 1 N–H and O–H groups in total. The number of nitrogens with zero attached hydrogens (tertiary/aromatic N) is 2. The minimum atomic E-state index is -4.76. The summed E-state index contributed by atoms with van der Waals surface area (Å²) in [4.78, 5) is 18.8. The van der Waals surface area contributed by atoms with Crippen molar-refractivity contribution in [2.45, 2.75) is 12.4 Å². The van der Waals surface area contributed by atoms with Crippen molar-refractivity contribution in [3.05, 3.63) is 66.7 Å². The molecule has 3 aromatic rings. The standard InChI is InChI=1S/C22H20F3N3O4/c23-22(24,25)32-17-5-3-15(4-6-17)19-7-8-20(31-19)21(29)28-11-10-27-12-16(28)14-30-18-2-1-9-26-13-18/h1-9,13,16,27H,10-12,14H2. The molecule has 1 aliphatic rings. The highest BCUT2D eigenvalue weighted by Gasteiger charge is 2.31. The predicted octanol–water partition coefficient (Wildman–Crippen LogP) is 3.73. The third-order valence-electron chi connectivity index (χ3n) is 4.88. The zero-order chi connectivity index (χ0) is 22.6. The molecule has 1 amide bonds. The molecule has 1 unspecified atom stereocenters. The molecule has 0 radical (unpaired) electrons. The van der Waals surface area contributed by atoms with Crippen LogP contribution in [0.25, 0.3) is 11.3 Å². The molecule has 10 heteroatoms. The summed E-state index contributed by atoms with van der Waals surface area (Å²) in [7, 11) is 0. The Morgan fingerprint density at radius 2 is 1.97 bits per heavy atom. The van der Waals surface area contributed by atoms with Crippen LogP contribution in [0.3, 0.4) is 0 Å². The van der Waals surface area contributed by atoms with Crippen LogP contribution in [0.2, 0.25) is 0 Å². The SMILES string of the molecule is O=C(c1ccc(-c2ccc(OC(F)(F)F)cc2)o1)N1CCNCC1COc1cccnc1. The van der Waals surface area contributed by atoms with Gasteiger partial charge in [-0.1, -0.05) is 0 Å². The van der Waals surface area contributed by atoms with E-state index in [2.05, 4.69) is 15.0 Å². The number of pyridine rings is 1. The summed E-state index contributed by atoms with van der Waals surface area (Å²) < 4.78 is 52.3. The van der Waals surface area contributed by atoms with Crippen molar-refractivity contribution >= 4 is 5.91 Å². The van der Waals surface area contributed by atoms with Gasteiger partial charge in [-0.25, -0.2) is 0 Å². The lowest BCUT2D eigenvalue weighted by Crippen LogP contribution is -2.55. The lowest BCUT2D eigenvalue weighted by molar-refractivity contribution is -0.274. The molecule has 1 aliphatic heterocycles. The van der Waals surface area contributed by atoms with Crippen LogP contribution in [0.1, 0.15) is 10.6 Å². The number of benzene rings is 1. The van der Waals surface area contributed by atoms with Gasteiger partial charge in [-0.3, -0.25) is 9.78 Å². The maximum atomic E-state index is 13.1. The first-order valence-electron chi connectivity index (χ1n) is 9.89. The van der Waals surface area contributed by atoms with Crippen LogP contribution in [0.15, 0.2) is 65.3 Å². The molecule has 1 aromatic carbocycles. The maximum Gasteiger partial charge on any atom is 0.573 e. The number of piperazine rings is 1. The van der Waals surface area contributed by atoms with Crippen LogP contribution < -0.4 is 14.8 Å². The van der Waals surface area contributed by atoms with E-state index < -0.39 is 6.36 Å². The summed E-state index contributed by atoms with van der Waals surface area (Å²) in [5.74, 6) is 0.508. The third kappa shape index (κ3) is 5.38. The lowest BCUT2D eigenvalue weighted by Gasteiger charge is -2.35. The van der Waals surface area contributed by atoms with Crippen LogP contribution in [0.5, 0.6) is 11.5 Å². The molecule has 1 saturated heterocycles. The number of nitrogens with one attached hydrogen (secondary N) is 1. The van der Waals surface area contributed by atoms with Gasteiger partial charge in [0.05, 0.1) is 12.2 Å². The molecule has 32 heavy (non-hydrogen) atoms. The van der Waals surface area contributed by atoms with Crippen LogP contribution >= 0.6 is 0 Å². The van der Waals surface area contributed by atoms with Crippen LogP contribution in [-0.2, 0) is 0 Å². The van der Waals surface area contributed by atoms with E-state index in [0.717, 1.165) is 0 Å². The van der Waals surface area contributed by atoms with Gasteiger partial charge in [0.25, 0.3) is 5.91 Å². The number of rotatable bonds is 6. The topological polar surface area (TPSA) is 76.8 Å². The molecule has 1 fully saturated rings. The number of furan rings is 1. The summed E-state index contributed by atoms with van der Waals surface area (Å²) in [5.41, 5.74) is 0.523. The fraction of sp³-hybridized carbons (Fsp3) is 0.273. The first-order chi connectivity index (χ1) is 15.4. The average molecular weight is 447 g/mol. The zero-order valence-corrected chi connectivity index (χ0v) is 16.8. The summed E-state index contributed by atoms with van der Waals surface area (Å²) >= 11 is 0. The molecule has 0 saturated carbocycles. The van der Waals surface area contributed by atoms with Gasteiger partial charge in [-0.2, -0.15) is 0 Å². The Morgan fingerprint density at radius 1 is 1.16 bits per heavy atom. The zero-order valence-electron chi connectivity index (χ0n) is 16.8. The largest absolute Gasteiger partial charge is 0.573 e. The van der Waals surface area contributed by atoms with Gasteiger partial charge in [-0.15, -0.1) is 13.2 Å². The van der Waals surface area contributed by atoms with E-state index in [-0.39, 0.29) is 23.5 Å². The Morgan fingerprint density at radius 3 is 2.69 bits per heavy atom. The Kier molecular flexibility index (Phi) is 6.31. The second kappa shape index (κ2) is 9.31. The van der Waals surface area contributed by atoms with Crippen molar-refractivity contribution in [3.8, 4) is 22.8 Å². The molecular weight excluding hydrogens is 427 g/mol. The van der Waals surface area contributed by atoms with Crippen molar-refractivity contribution in [1.82, 2.24) is 15.2 Å². The Hall–Kier alpha value is -3.53. The van der Waals surface area contributed by atoms with E-state index in [1.807, 2.05) is 0 Å². The van der Waals surface area contributed by atoms with Gasteiger partial charge < -0.3 is 24.1 Å². The smallest absolute Gasteiger partial charge is 0.490 e. The van der Waals surface area contributed by atoms with Crippen LogP contribution in [-0.4, -0.2) is 54.4 Å². The van der Waals surface area contributed by atoms with Crippen molar-refractivity contribution in [2.75, 3.05) is 26.2 Å². The summed E-state index contributed by atoms with van der Waals surface area (Å²) in [6, 6.07) is 11.8. The van der Waals surface area contributed by atoms with Gasteiger partial charge in [-0.05, 0) is 48.5 Å². The monoisotopic (exact) mass is 447 g/mol. The van der Waals surface area contributed by atoms with Crippen molar-refractivity contribution in [1.29, 1.82) is 0 Å². The molecule has 7 nitrogen and oxygen atoms in total. The van der Waals surface area contributed by atoms with E-state index in [1.54, 1.807) is 41.6 Å². The molecule has 4 rings (SSSR count). The predicted molar refractivity (Wildman–Crippen MR) is 108 cm³/mol. The van der Waals surface area contributed by atoms with Gasteiger partial charge in [0, 0.05) is 31.4 Å². The summed E-state index contributed by atoms with van der Waals surface area (Å²) in [6.45, 7) is 1.99. The Labute approximate surface area is 181 Å². The quantitative estimate of drug-likeness (QED) is 0.621. The fourth-order valence-electron chi connectivity index (χ4n) is 3.37. The highest BCUT2D eigenvalue weighted by atomic mass is 19.4. The number of hydrogen-bond donors (Lipinski definition) is 1. The molecule has 0 aliphatic carbocycles. The molecule has 168 valence electrons. The lowest BCUT2D eigenvalue weighted by atomic mass is 10.1. The van der Waals surface area contributed by atoms with Gasteiger partial charge in [0.2, 0.25) is 0 Å². The van der Waals surface area contributed by atoms with E-state index in [9.17, 15) is 18.0 Å². The number of hydrogen-bond acceptors (Lipinski definition) is 6. The molecule has 0 bridgehead atoms. The van der Waals surface area contributed by atoms with Crippen LogP contribution in [0.4, 0.5) is 13.2 Å². The maximum absolute atomic E-state index is 13.1. The minimum absolute atomic E-state index is 0.142. The Bertz CT molecular complexity index is 1040. The first kappa shape index (κ1) is 21.7. The number of halogens is 3. The van der Waals surface area contributed by atoms with Crippen molar-refractivity contribution in [2.24, 2.45) is 0 Å². The van der Waals surface area contributed by atoms with Crippen LogP contribution in [0, 0.1) is 0 Å². The third-order valence-corrected chi connectivity index (χ3v) is 4.88. The summed E-state index contributed by atoms with van der Waals surface area (Å²) in [6.07, 6.45) is -1.51. The summed E-state index contributed by atoms with van der Waals surface area (Å²) in [5, 5.41) is 3.25. The first-order valence-corrected chi connectivity index (χ1v) is 9.89. The minimum Gasteiger partial charge on any atom is -0.490 e. The van der Waals surface area contributed by atoms with Gasteiger partial charge >= 0.3 is 6.36 Å². The Balaban J connectivity index is 1.43. The van der Waals surface area contributed by atoms with Crippen molar-refractivity contribution in [3.63, 3.8) is 0 Å². The van der Waals surface area contributed by atoms with Crippen molar-refractivity contribution < 1.29 is 31.9 Å². The fourth-order valence-corrected chi connectivity index (χ4v) is 3.37. The van der Waals surface area contributed by atoms with Gasteiger partial charge in [0.1, 0.15) is 23.9 Å². The molecule has 2 aromatic heterocycles. The molecule has 3 heterocycles. The number of carbonyl (C=O) groups excluding carboxylic acids is 1. The van der Waals surface area contributed by atoms with E-state index >= 15 is 0 Å². The number of carbonyl (C=O) groups is 1.